The van der Waals surface area contributed by atoms with Crippen LogP contribution in [0.5, 0.6) is 11.5 Å². The Hall–Kier alpha value is -2.76. The zero-order valence-electron chi connectivity index (χ0n) is 13.7. The van der Waals surface area contributed by atoms with Crippen LogP contribution in [0.15, 0.2) is 42.6 Å². The van der Waals surface area contributed by atoms with Gasteiger partial charge in [0, 0.05) is 13.1 Å². The number of pyridine rings is 1. The van der Waals surface area contributed by atoms with E-state index in [-0.39, 0.29) is 12.5 Å². The largest absolute Gasteiger partial charge is 0.497 e. The lowest BCUT2D eigenvalue weighted by molar-refractivity contribution is -0.118. The minimum atomic E-state index is -0.221. The van der Waals surface area contributed by atoms with Gasteiger partial charge in [0.25, 0.3) is 5.91 Å². The Morgan fingerprint density at radius 1 is 1.12 bits per heavy atom. The van der Waals surface area contributed by atoms with Crippen LogP contribution in [0, 0.1) is 0 Å². The molecule has 3 rings (SSSR count). The summed E-state index contributed by atoms with van der Waals surface area (Å²) in [4.78, 5) is 18.6. The number of hydrogen-bond donors (Lipinski definition) is 1. The molecule has 0 unspecified atom stereocenters. The van der Waals surface area contributed by atoms with E-state index >= 15 is 0 Å². The monoisotopic (exact) mass is 327 g/mol. The zero-order valence-corrected chi connectivity index (χ0v) is 13.7. The molecule has 1 aliphatic rings. The van der Waals surface area contributed by atoms with Crippen LogP contribution in [0.2, 0.25) is 0 Å². The summed E-state index contributed by atoms with van der Waals surface area (Å²) >= 11 is 0. The van der Waals surface area contributed by atoms with Gasteiger partial charge in [-0.3, -0.25) is 4.79 Å². The number of rotatable bonds is 6. The van der Waals surface area contributed by atoms with Gasteiger partial charge >= 0.3 is 0 Å². The molecule has 1 aromatic carbocycles. The second-order valence-electron chi connectivity index (χ2n) is 5.61. The van der Waals surface area contributed by atoms with Gasteiger partial charge in [-0.25, -0.2) is 4.98 Å². The summed E-state index contributed by atoms with van der Waals surface area (Å²) in [5.41, 5.74) is 0.668. The average Bonchev–Trinajstić information content (AvgIpc) is 3.16. The molecule has 2 heterocycles. The number of hydrogen-bond acceptors (Lipinski definition) is 5. The topological polar surface area (TPSA) is 63.7 Å². The molecule has 0 aliphatic carbocycles. The molecule has 1 saturated heterocycles. The van der Waals surface area contributed by atoms with E-state index in [1.165, 1.54) is 12.8 Å². The van der Waals surface area contributed by atoms with Gasteiger partial charge < -0.3 is 19.7 Å². The van der Waals surface area contributed by atoms with Crippen LogP contribution < -0.4 is 19.7 Å². The minimum absolute atomic E-state index is 0.0554. The summed E-state index contributed by atoms with van der Waals surface area (Å²) in [6.45, 7) is 2.04. The van der Waals surface area contributed by atoms with Gasteiger partial charge in [0.05, 0.1) is 19.0 Å². The highest BCUT2D eigenvalue weighted by Gasteiger charge is 2.13. The minimum Gasteiger partial charge on any atom is -0.497 e. The molecule has 126 valence electrons. The van der Waals surface area contributed by atoms with Crippen LogP contribution in [0.1, 0.15) is 12.8 Å². The number of aromatic nitrogens is 1. The fraction of sp³-hybridized carbons (Fsp3) is 0.333. The highest BCUT2D eigenvalue weighted by molar-refractivity contribution is 5.91. The predicted molar refractivity (Wildman–Crippen MR) is 92.8 cm³/mol. The molecule has 24 heavy (non-hydrogen) atoms. The molecule has 6 nitrogen and oxygen atoms in total. The van der Waals surface area contributed by atoms with Gasteiger partial charge in [0.1, 0.15) is 17.3 Å². The molecule has 0 bridgehead atoms. The quantitative estimate of drug-likeness (QED) is 0.884. The summed E-state index contributed by atoms with van der Waals surface area (Å²) in [6, 6.07) is 10.9. The molecular formula is C18H21N3O3. The number of amides is 1. The third kappa shape index (κ3) is 4.16. The van der Waals surface area contributed by atoms with E-state index in [9.17, 15) is 4.79 Å². The van der Waals surface area contributed by atoms with E-state index < -0.39 is 0 Å². The first-order valence-corrected chi connectivity index (χ1v) is 8.02. The van der Waals surface area contributed by atoms with Crippen molar-refractivity contribution in [2.24, 2.45) is 0 Å². The first-order chi connectivity index (χ1) is 11.7. The average molecular weight is 327 g/mol. The summed E-state index contributed by atoms with van der Waals surface area (Å²) in [5, 5.41) is 2.78. The third-order valence-electron chi connectivity index (χ3n) is 3.89. The van der Waals surface area contributed by atoms with Gasteiger partial charge in [-0.1, -0.05) is 0 Å². The Labute approximate surface area is 141 Å². The molecule has 0 radical (unpaired) electrons. The van der Waals surface area contributed by atoms with Crippen LogP contribution >= 0.6 is 0 Å². The first-order valence-electron chi connectivity index (χ1n) is 8.02. The molecule has 1 aliphatic heterocycles. The first kappa shape index (κ1) is 16.1. The molecule has 1 fully saturated rings. The van der Waals surface area contributed by atoms with Gasteiger partial charge in [-0.05, 0) is 49.2 Å². The maximum Gasteiger partial charge on any atom is 0.262 e. The summed E-state index contributed by atoms with van der Waals surface area (Å²) < 4.78 is 10.5. The Morgan fingerprint density at radius 3 is 2.46 bits per heavy atom. The van der Waals surface area contributed by atoms with Gasteiger partial charge in [0.15, 0.2) is 6.61 Å². The molecule has 0 spiro atoms. The molecular weight excluding hydrogens is 306 g/mol. The maximum absolute atomic E-state index is 12.0. The molecule has 1 aromatic heterocycles. The van der Waals surface area contributed by atoms with Crippen molar-refractivity contribution in [1.29, 1.82) is 0 Å². The second-order valence-corrected chi connectivity index (χ2v) is 5.61. The van der Waals surface area contributed by atoms with Crippen molar-refractivity contribution < 1.29 is 14.3 Å². The van der Waals surface area contributed by atoms with Crippen molar-refractivity contribution >= 4 is 17.4 Å². The number of anilines is 2. The van der Waals surface area contributed by atoms with E-state index in [1.807, 2.05) is 12.1 Å². The highest BCUT2D eigenvalue weighted by atomic mass is 16.5. The number of nitrogens with zero attached hydrogens (tertiary/aromatic N) is 2. The van der Waals surface area contributed by atoms with E-state index in [1.54, 1.807) is 37.6 Å². The lowest BCUT2D eigenvalue weighted by atomic mass is 10.3. The lowest BCUT2D eigenvalue weighted by Gasteiger charge is -2.16. The number of carbonyl (C=O) groups excluding carboxylic acids is 1. The van der Waals surface area contributed by atoms with Crippen molar-refractivity contribution in [1.82, 2.24) is 4.98 Å². The molecule has 1 amide bonds. The Morgan fingerprint density at radius 2 is 1.83 bits per heavy atom. The van der Waals surface area contributed by atoms with E-state index in [4.69, 9.17) is 9.47 Å². The molecule has 6 heteroatoms. The van der Waals surface area contributed by atoms with Gasteiger partial charge in [0.2, 0.25) is 0 Å². The Kier molecular flexibility index (Phi) is 5.15. The zero-order chi connectivity index (χ0) is 16.8. The van der Waals surface area contributed by atoms with Crippen LogP contribution in [0.3, 0.4) is 0 Å². The van der Waals surface area contributed by atoms with Crippen LogP contribution in [0.25, 0.3) is 0 Å². The maximum atomic E-state index is 12.0. The number of carbonyl (C=O) groups is 1. The molecule has 0 saturated carbocycles. The SMILES string of the molecule is COc1ccc(OCC(=O)Nc2ccc(N3CCCC3)nc2)cc1. The van der Waals surface area contributed by atoms with Crippen molar-refractivity contribution in [2.75, 3.05) is 37.0 Å². The fourth-order valence-corrected chi connectivity index (χ4v) is 2.61. The number of methoxy groups -OCH3 is 1. The van der Waals surface area contributed by atoms with E-state index in [0.29, 0.717) is 11.4 Å². The summed E-state index contributed by atoms with van der Waals surface area (Å²) in [5.74, 6) is 2.10. The van der Waals surface area contributed by atoms with E-state index in [0.717, 1.165) is 24.7 Å². The predicted octanol–water partition coefficient (Wildman–Crippen LogP) is 2.71. The standard InChI is InChI=1S/C18H21N3O3/c1-23-15-5-7-16(8-6-15)24-13-18(22)20-14-4-9-17(19-12-14)21-10-2-3-11-21/h4-9,12H,2-3,10-11,13H2,1H3,(H,20,22). The molecule has 1 N–H and O–H groups in total. The summed E-state index contributed by atoms with van der Waals surface area (Å²) in [6.07, 6.45) is 4.10. The van der Waals surface area contributed by atoms with Crippen molar-refractivity contribution in [3.05, 3.63) is 42.6 Å². The van der Waals surface area contributed by atoms with Crippen LogP contribution in [-0.4, -0.2) is 37.7 Å². The molecule has 0 atom stereocenters. The van der Waals surface area contributed by atoms with Crippen LogP contribution in [-0.2, 0) is 4.79 Å². The smallest absolute Gasteiger partial charge is 0.262 e. The summed E-state index contributed by atoms with van der Waals surface area (Å²) in [7, 11) is 1.60. The van der Waals surface area contributed by atoms with Gasteiger partial charge in [-0.2, -0.15) is 0 Å². The fourth-order valence-electron chi connectivity index (χ4n) is 2.61. The number of nitrogens with one attached hydrogen (secondary N) is 1. The number of benzene rings is 1. The van der Waals surface area contributed by atoms with Crippen LogP contribution in [0.4, 0.5) is 11.5 Å². The second kappa shape index (κ2) is 7.68. The van der Waals surface area contributed by atoms with Crippen molar-refractivity contribution in [3.8, 4) is 11.5 Å². The van der Waals surface area contributed by atoms with Crippen molar-refractivity contribution in [2.45, 2.75) is 12.8 Å². The third-order valence-corrected chi connectivity index (χ3v) is 3.89. The Bertz CT molecular complexity index is 665. The van der Waals surface area contributed by atoms with E-state index in [2.05, 4.69) is 15.2 Å². The number of ether oxygens (including phenoxy) is 2. The highest BCUT2D eigenvalue weighted by Crippen LogP contribution is 2.19. The van der Waals surface area contributed by atoms with Crippen molar-refractivity contribution in [3.63, 3.8) is 0 Å². The molecule has 2 aromatic rings. The Balaban J connectivity index is 1.48. The normalized spacial score (nSPS) is 13.6. The van der Waals surface area contributed by atoms with Gasteiger partial charge in [-0.15, -0.1) is 0 Å². The lowest BCUT2D eigenvalue weighted by Crippen LogP contribution is -2.21.